The van der Waals surface area contributed by atoms with Crippen LogP contribution in [0.25, 0.3) is 0 Å². The van der Waals surface area contributed by atoms with E-state index in [0.29, 0.717) is 12.0 Å². The van der Waals surface area contributed by atoms with E-state index in [1.165, 1.54) is 6.26 Å². The standard InChI is InChI=1S/C21H34O10/c1-9(2)4-15(24)31-20-16-10(3)13(23)5-12(16)11(7-28-20)8-29-21-19(27)18(26)17(25)14(6-22)30-21/h7,9-10,12-14,16-23,25-27H,4-6,8H2,1-3H3/t10-,12+,13-,14+,16-,17+,18+,19-,20-,21+/m0/s1. The predicted molar refractivity (Wildman–Crippen MR) is 105 cm³/mol. The van der Waals surface area contributed by atoms with E-state index in [9.17, 15) is 30.3 Å². The summed E-state index contributed by atoms with van der Waals surface area (Å²) in [5, 5.41) is 49.7. The van der Waals surface area contributed by atoms with Crippen molar-refractivity contribution in [2.75, 3.05) is 13.2 Å². The molecule has 1 saturated carbocycles. The molecule has 10 atom stereocenters. The first-order chi connectivity index (χ1) is 14.6. The van der Waals surface area contributed by atoms with Crippen LogP contribution in [0.1, 0.15) is 33.6 Å². The zero-order valence-corrected chi connectivity index (χ0v) is 18.0. The topological polar surface area (TPSA) is 155 Å². The highest BCUT2D eigenvalue weighted by atomic mass is 16.7. The number of hydrogen-bond donors (Lipinski definition) is 5. The minimum atomic E-state index is -1.53. The zero-order valence-electron chi connectivity index (χ0n) is 18.0. The molecule has 10 nitrogen and oxygen atoms in total. The lowest BCUT2D eigenvalue weighted by Gasteiger charge is -2.40. The minimum Gasteiger partial charge on any atom is -0.462 e. The molecule has 31 heavy (non-hydrogen) atoms. The normalized spacial score (nSPS) is 42.7. The Kier molecular flexibility index (Phi) is 7.95. The molecule has 0 aromatic carbocycles. The lowest BCUT2D eigenvalue weighted by Crippen LogP contribution is -2.59. The molecule has 2 fully saturated rings. The van der Waals surface area contributed by atoms with Crippen molar-refractivity contribution < 1.29 is 49.3 Å². The van der Waals surface area contributed by atoms with Gasteiger partial charge in [-0.1, -0.05) is 20.8 Å². The molecule has 0 unspecified atom stereocenters. The van der Waals surface area contributed by atoms with Gasteiger partial charge in [-0.05, 0) is 29.7 Å². The van der Waals surface area contributed by atoms with Crippen molar-refractivity contribution in [3.05, 3.63) is 11.8 Å². The molecule has 0 aromatic heterocycles. The van der Waals surface area contributed by atoms with Gasteiger partial charge in [-0.15, -0.1) is 0 Å². The summed E-state index contributed by atoms with van der Waals surface area (Å²) in [4.78, 5) is 12.1. The molecular weight excluding hydrogens is 412 g/mol. The summed E-state index contributed by atoms with van der Waals surface area (Å²) < 4.78 is 22.2. The molecule has 1 saturated heterocycles. The highest BCUT2D eigenvalue weighted by Crippen LogP contribution is 2.47. The first-order valence-electron chi connectivity index (χ1n) is 10.8. The van der Waals surface area contributed by atoms with Gasteiger partial charge in [0.1, 0.15) is 24.4 Å². The molecule has 0 radical (unpaired) electrons. The van der Waals surface area contributed by atoms with Crippen molar-refractivity contribution >= 4 is 5.97 Å². The number of hydrogen-bond acceptors (Lipinski definition) is 10. The molecule has 2 heterocycles. The molecule has 2 aliphatic heterocycles. The van der Waals surface area contributed by atoms with Crippen molar-refractivity contribution in [1.29, 1.82) is 0 Å². The van der Waals surface area contributed by atoms with E-state index in [4.69, 9.17) is 18.9 Å². The third-order valence-electron chi connectivity index (χ3n) is 6.40. The smallest absolute Gasteiger partial charge is 0.309 e. The van der Waals surface area contributed by atoms with E-state index in [1.807, 2.05) is 20.8 Å². The predicted octanol–water partition coefficient (Wildman–Crippen LogP) is -0.734. The Morgan fingerprint density at radius 1 is 1.16 bits per heavy atom. The van der Waals surface area contributed by atoms with Crippen LogP contribution in [0.4, 0.5) is 0 Å². The van der Waals surface area contributed by atoms with Gasteiger partial charge in [0.15, 0.2) is 6.29 Å². The van der Waals surface area contributed by atoms with E-state index in [1.54, 1.807) is 0 Å². The second kappa shape index (κ2) is 10.1. The Labute approximate surface area is 181 Å². The Bertz CT molecular complexity index is 650. The molecule has 3 aliphatic rings. The van der Waals surface area contributed by atoms with Gasteiger partial charge in [-0.2, -0.15) is 0 Å². The van der Waals surface area contributed by atoms with Crippen LogP contribution in [0.3, 0.4) is 0 Å². The van der Waals surface area contributed by atoms with Crippen molar-refractivity contribution in [2.45, 2.75) is 76.7 Å². The maximum absolute atomic E-state index is 12.1. The van der Waals surface area contributed by atoms with Gasteiger partial charge in [-0.25, -0.2) is 0 Å². The van der Waals surface area contributed by atoms with Crippen LogP contribution in [0.2, 0.25) is 0 Å². The number of aliphatic hydroxyl groups excluding tert-OH is 5. The van der Waals surface area contributed by atoms with E-state index in [-0.39, 0.29) is 42.7 Å². The molecular formula is C21H34O10. The number of carbonyl (C=O) groups is 1. The zero-order chi connectivity index (χ0) is 22.9. The van der Waals surface area contributed by atoms with Crippen molar-refractivity contribution in [3.8, 4) is 0 Å². The Morgan fingerprint density at radius 2 is 1.87 bits per heavy atom. The fourth-order valence-corrected chi connectivity index (χ4v) is 4.57. The van der Waals surface area contributed by atoms with Crippen LogP contribution >= 0.6 is 0 Å². The van der Waals surface area contributed by atoms with Gasteiger partial charge in [0.2, 0.25) is 6.29 Å². The van der Waals surface area contributed by atoms with Gasteiger partial charge >= 0.3 is 5.97 Å². The van der Waals surface area contributed by atoms with Crippen LogP contribution in [-0.4, -0.2) is 87.8 Å². The molecule has 0 bridgehead atoms. The summed E-state index contributed by atoms with van der Waals surface area (Å²) in [6.07, 6.45) is -6.07. The third-order valence-corrected chi connectivity index (χ3v) is 6.40. The number of carbonyl (C=O) groups excluding carboxylic acids is 1. The first-order valence-corrected chi connectivity index (χ1v) is 10.8. The summed E-state index contributed by atoms with van der Waals surface area (Å²) in [5.41, 5.74) is 0.696. The van der Waals surface area contributed by atoms with Gasteiger partial charge in [0.05, 0.1) is 25.6 Å². The van der Waals surface area contributed by atoms with Crippen molar-refractivity contribution in [3.63, 3.8) is 0 Å². The Balaban J connectivity index is 1.67. The van der Waals surface area contributed by atoms with E-state index in [2.05, 4.69) is 0 Å². The highest BCUT2D eigenvalue weighted by Gasteiger charge is 2.50. The molecule has 0 aromatic rings. The average Bonchev–Trinajstić information content (AvgIpc) is 3.01. The summed E-state index contributed by atoms with van der Waals surface area (Å²) in [6.45, 7) is 5.14. The third kappa shape index (κ3) is 5.22. The fraction of sp³-hybridized carbons (Fsp3) is 0.857. The van der Waals surface area contributed by atoms with Crippen molar-refractivity contribution in [1.82, 2.24) is 0 Å². The highest BCUT2D eigenvalue weighted by molar-refractivity contribution is 5.69. The van der Waals surface area contributed by atoms with Crippen LogP contribution < -0.4 is 0 Å². The first kappa shape index (κ1) is 24.4. The molecule has 178 valence electrons. The van der Waals surface area contributed by atoms with E-state index >= 15 is 0 Å². The minimum absolute atomic E-state index is 0.0318. The van der Waals surface area contributed by atoms with Gasteiger partial charge in [0, 0.05) is 12.3 Å². The second-order valence-corrected chi connectivity index (χ2v) is 9.14. The average molecular weight is 446 g/mol. The largest absolute Gasteiger partial charge is 0.462 e. The molecule has 3 rings (SSSR count). The van der Waals surface area contributed by atoms with Crippen LogP contribution in [0.5, 0.6) is 0 Å². The summed E-state index contributed by atoms with van der Waals surface area (Å²) >= 11 is 0. The number of esters is 1. The number of ether oxygens (including phenoxy) is 4. The molecule has 0 amide bonds. The number of fused-ring (bicyclic) bond motifs is 1. The molecule has 1 aliphatic carbocycles. The Morgan fingerprint density at radius 3 is 2.52 bits per heavy atom. The quantitative estimate of drug-likeness (QED) is 0.316. The molecule has 0 spiro atoms. The summed E-state index contributed by atoms with van der Waals surface area (Å²) in [5.74, 6) is -0.805. The van der Waals surface area contributed by atoms with Gasteiger partial charge in [-0.3, -0.25) is 4.79 Å². The fourth-order valence-electron chi connectivity index (χ4n) is 4.57. The second-order valence-electron chi connectivity index (χ2n) is 9.14. The van der Waals surface area contributed by atoms with E-state index in [0.717, 1.165) is 0 Å². The van der Waals surface area contributed by atoms with Crippen LogP contribution in [0, 0.1) is 23.7 Å². The Hall–Kier alpha value is -1.27. The van der Waals surface area contributed by atoms with Crippen molar-refractivity contribution in [2.24, 2.45) is 23.7 Å². The van der Waals surface area contributed by atoms with Gasteiger partial charge < -0.3 is 44.5 Å². The van der Waals surface area contributed by atoms with Crippen LogP contribution in [0.15, 0.2) is 11.8 Å². The van der Waals surface area contributed by atoms with E-state index < -0.39 is 49.7 Å². The number of aliphatic hydroxyl groups is 5. The summed E-state index contributed by atoms with van der Waals surface area (Å²) in [6, 6.07) is 0. The molecule has 5 N–H and O–H groups in total. The monoisotopic (exact) mass is 446 g/mol. The van der Waals surface area contributed by atoms with Crippen LogP contribution in [-0.2, 0) is 23.7 Å². The van der Waals surface area contributed by atoms with Gasteiger partial charge in [0.25, 0.3) is 0 Å². The molecule has 10 heteroatoms. The number of rotatable bonds is 7. The lowest BCUT2D eigenvalue weighted by atomic mass is 9.83. The lowest BCUT2D eigenvalue weighted by molar-refractivity contribution is -0.299. The summed E-state index contributed by atoms with van der Waals surface area (Å²) in [7, 11) is 0. The maximum atomic E-state index is 12.1. The SMILES string of the molecule is CC(C)CC(=O)O[C@@H]1OC=C(CO[C@@H]2O[C@H](CO)[C@@H](O)[C@@H](O)[C@@H]2O)[C@H]2C[C@H](O)[C@H](C)[C@H]12. The maximum Gasteiger partial charge on any atom is 0.309 e.